The van der Waals surface area contributed by atoms with E-state index in [4.69, 9.17) is 0 Å². The standard InChI is InChI=1S/C15H21F2N/c1-14(2,3)18-10-15(7-8-15)9-11-12(16)5-4-6-13(11)17/h4-6,18H,7-10H2,1-3H3. The average Bonchev–Trinajstić information content (AvgIpc) is 3.01. The van der Waals surface area contributed by atoms with E-state index in [2.05, 4.69) is 26.1 Å². The Labute approximate surface area is 108 Å². The minimum absolute atomic E-state index is 0.0450. The Bertz CT molecular complexity index is 410. The third-order valence-corrected chi connectivity index (χ3v) is 3.56. The molecule has 100 valence electrons. The van der Waals surface area contributed by atoms with Gasteiger partial charge in [-0.2, -0.15) is 0 Å². The van der Waals surface area contributed by atoms with Crippen molar-refractivity contribution in [1.29, 1.82) is 0 Å². The van der Waals surface area contributed by atoms with E-state index in [1.807, 2.05) is 0 Å². The van der Waals surface area contributed by atoms with Crippen molar-refractivity contribution < 1.29 is 8.78 Å². The maximum Gasteiger partial charge on any atom is 0.129 e. The Hall–Kier alpha value is -0.960. The van der Waals surface area contributed by atoms with Crippen LogP contribution in [-0.2, 0) is 6.42 Å². The Morgan fingerprint density at radius 2 is 1.72 bits per heavy atom. The third-order valence-electron chi connectivity index (χ3n) is 3.56. The maximum absolute atomic E-state index is 13.6. The molecule has 1 aromatic rings. The molecule has 0 aromatic heterocycles. The molecular formula is C15H21F2N. The largest absolute Gasteiger partial charge is 0.312 e. The summed E-state index contributed by atoms with van der Waals surface area (Å²) in [5, 5.41) is 3.44. The van der Waals surface area contributed by atoms with Gasteiger partial charge in [-0.15, -0.1) is 0 Å². The average molecular weight is 253 g/mol. The summed E-state index contributed by atoms with van der Waals surface area (Å²) in [6, 6.07) is 4.10. The van der Waals surface area contributed by atoms with Gasteiger partial charge in [-0.05, 0) is 57.6 Å². The molecule has 0 radical (unpaired) electrons. The van der Waals surface area contributed by atoms with Gasteiger partial charge in [-0.1, -0.05) is 6.07 Å². The highest BCUT2D eigenvalue weighted by Crippen LogP contribution is 2.48. The molecule has 1 aliphatic carbocycles. The predicted molar refractivity (Wildman–Crippen MR) is 69.5 cm³/mol. The molecule has 1 nitrogen and oxygen atoms in total. The predicted octanol–water partition coefficient (Wildman–Crippen LogP) is 3.68. The number of benzene rings is 1. The summed E-state index contributed by atoms with van der Waals surface area (Å²) in [5.74, 6) is -0.839. The van der Waals surface area contributed by atoms with E-state index in [9.17, 15) is 8.78 Å². The van der Waals surface area contributed by atoms with Gasteiger partial charge in [0, 0.05) is 17.6 Å². The van der Waals surface area contributed by atoms with E-state index >= 15 is 0 Å². The first-order valence-corrected chi connectivity index (χ1v) is 6.49. The first kappa shape index (κ1) is 13.5. The second-order valence-corrected chi connectivity index (χ2v) is 6.48. The number of rotatable bonds is 4. The lowest BCUT2D eigenvalue weighted by Crippen LogP contribution is -2.40. The molecule has 0 saturated heterocycles. The van der Waals surface area contributed by atoms with Gasteiger partial charge in [0.2, 0.25) is 0 Å². The van der Waals surface area contributed by atoms with Crippen LogP contribution in [0.1, 0.15) is 39.2 Å². The molecule has 1 N–H and O–H groups in total. The third kappa shape index (κ3) is 3.29. The molecule has 1 aliphatic rings. The highest BCUT2D eigenvalue weighted by Gasteiger charge is 2.43. The van der Waals surface area contributed by atoms with Crippen LogP contribution in [0.15, 0.2) is 18.2 Å². The van der Waals surface area contributed by atoms with Crippen LogP contribution in [0.5, 0.6) is 0 Å². The molecule has 1 saturated carbocycles. The van der Waals surface area contributed by atoms with Crippen LogP contribution in [-0.4, -0.2) is 12.1 Å². The van der Waals surface area contributed by atoms with Crippen molar-refractivity contribution in [3.05, 3.63) is 35.4 Å². The van der Waals surface area contributed by atoms with Gasteiger partial charge in [-0.3, -0.25) is 0 Å². The second kappa shape index (κ2) is 4.61. The van der Waals surface area contributed by atoms with Gasteiger partial charge < -0.3 is 5.32 Å². The fourth-order valence-corrected chi connectivity index (χ4v) is 2.12. The first-order chi connectivity index (χ1) is 8.31. The van der Waals surface area contributed by atoms with Gasteiger partial charge >= 0.3 is 0 Å². The van der Waals surface area contributed by atoms with Gasteiger partial charge in [0.05, 0.1) is 0 Å². The number of hydrogen-bond acceptors (Lipinski definition) is 1. The fraction of sp³-hybridized carbons (Fsp3) is 0.600. The van der Waals surface area contributed by atoms with E-state index in [1.165, 1.54) is 18.2 Å². The van der Waals surface area contributed by atoms with E-state index in [-0.39, 0.29) is 16.5 Å². The lowest BCUT2D eigenvalue weighted by Gasteiger charge is -2.25. The summed E-state index contributed by atoms with van der Waals surface area (Å²) in [6.07, 6.45) is 2.59. The monoisotopic (exact) mass is 253 g/mol. The van der Waals surface area contributed by atoms with Crippen LogP contribution >= 0.6 is 0 Å². The molecule has 0 heterocycles. The van der Waals surface area contributed by atoms with Crippen LogP contribution in [0.4, 0.5) is 8.78 Å². The Balaban J connectivity index is 2.05. The van der Waals surface area contributed by atoms with Crippen LogP contribution in [0.2, 0.25) is 0 Å². The maximum atomic E-state index is 13.6. The van der Waals surface area contributed by atoms with Crippen LogP contribution in [0, 0.1) is 17.0 Å². The molecule has 0 atom stereocenters. The van der Waals surface area contributed by atoms with Crippen molar-refractivity contribution in [2.24, 2.45) is 5.41 Å². The zero-order valence-corrected chi connectivity index (χ0v) is 11.3. The highest BCUT2D eigenvalue weighted by molar-refractivity contribution is 5.23. The number of halogens is 2. The summed E-state index contributed by atoms with van der Waals surface area (Å²) in [4.78, 5) is 0. The Kier molecular flexibility index (Phi) is 3.45. The molecule has 18 heavy (non-hydrogen) atoms. The van der Waals surface area contributed by atoms with E-state index in [0.29, 0.717) is 6.42 Å². The summed E-state index contributed by atoms with van der Waals surface area (Å²) in [6.45, 7) is 7.14. The van der Waals surface area contributed by atoms with Crippen molar-refractivity contribution in [3.8, 4) is 0 Å². The summed E-state index contributed by atoms with van der Waals surface area (Å²) in [7, 11) is 0. The molecule has 0 spiro atoms. The lowest BCUT2D eigenvalue weighted by molar-refractivity contribution is 0.351. The van der Waals surface area contributed by atoms with Crippen molar-refractivity contribution in [1.82, 2.24) is 5.32 Å². The molecule has 0 amide bonds. The molecule has 3 heteroatoms. The molecule has 2 rings (SSSR count). The summed E-state index contributed by atoms with van der Waals surface area (Å²) < 4.78 is 27.2. The minimum Gasteiger partial charge on any atom is -0.312 e. The normalized spacial score (nSPS) is 17.8. The second-order valence-electron chi connectivity index (χ2n) is 6.48. The molecule has 0 bridgehead atoms. The van der Waals surface area contributed by atoms with Crippen LogP contribution in [0.3, 0.4) is 0 Å². The summed E-state index contributed by atoms with van der Waals surface area (Å²) >= 11 is 0. The Morgan fingerprint density at radius 1 is 1.17 bits per heavy atom. The number of hydrogen-bond donors (Lipinski definition) is 1. The molecule has 1 fully saturated rings. The van der Waals surface area contributed by atoms with Gasteiger partial charge in [0.15, 0.2) is 0 Å². The van der Waals surface area contributed by atoms with Crippen molar-refractivity contribution in [3.63, 3.8) is 0 Å². The smallest absolute Gasteiger partial charge is 0.129 e. The minimum atomic E-state index is -0.419. The van der Waals surface area contributed by atoms with E-state index in [1.54, 1.807) is 0 Å². The lowest BCUT2D eigenvalue weighted by atomic mass is 9.94. The van der Waals surface area contributed by atoms with Crippen LogP contribution < -0.4 is 5.32 Å². The molecule has 0 aliphatic heterocycles. The first-order valence-electron chi connectivity index (χ1n) is 6.49. The Morgan fingerprint density at radius 3 is 2.17 bits per heavy atom. The van der Waals surface area contributed by atoms with Crippen molar-refractivity contribution in [2.45, 2.75) is 45.6 Å². The van der Waals surface area contributed by atoms with Crippen molar-refractivity contribution in [2.75, 3.05) is 6.54 Å². The van der Waals surface area contributed by atoms with E-state index < -0.39 is 11.6 Å². The van der Waals surface area contributed by atoms with Gasteiger partial charge in [0.25, 0.3) is 0 Å². The zero-order valence-electron chi connectivity index (χ0n) is 11.3. The van der Waals surface area contributed by atoms with Gasteiger partial charge in [-0.25, -0.2) is 8.78 Å². The molecule has 0 unspecified atom stereocenters. The molecule has 1 aromatic carbocycles. The van der Waals surface area contributed by atoms with Crippen LogP contribution in [0.25, 0.3) is 0 Å². The fourth-order valence-electron chi connectivity index (χ4n) is 2.12. The summed E-state index contributed by atoms with van der Waals surface area (Å²) in [5.41, 5.74) is 0.338. The SMILES string of the molecule is CC(C)(C)NCC1(Cc2c(F)cccc2F)CC1. The molecular weight excluding hydrogens is 232 g/mol. The number of nitrogens with one attached hydrogen (secondary N) is 1. The van der Waals surface area contributed by atoms with Crippen molar-refractivity contribution >= 4 is 0 Å². The quantitative estimate of drug-likeness (QED) is 0.863. The zero-order chi connectivity index (χ0) is 13.4. The topological polar surface area (TPSA) is 12.0 Å². The highest BCUT2D eigenvalue weighted by atomic mass is 19.1. The van der Waals surface area contributed by atoms with E-state index in [0.717, 1.165) is 19.4 Å². The van der Waals surface area contributed by atoms with Gasteiger partial charge in [0.1, 0.15) is 11.6 Å².